The summed E-state index contributed by atoms with van der Waals surface area (Å²) in [5, 5.41) is 3.16. The average Bonchev–Trinajstić information content (AvgIpc) is 2.86. The van der Waals surface area contributed by atoms with Crippen LogP contribution in [0.3, 0.4) is 0 Å². The largest absolute Gasteiger partial charge is 0.481 e. The summed E-state index contributed by atoms with van der Waals surface area (Å²) in [5.74, 6) is 0.491. The lowest BCUT2D eigenvalue weighted by atomic mass is 9.60. The molecule has 2 aromatic rings. The Labute approximate surface area is 244 Å². The van der Waals surface area contributed by atoms with Gasteiger partial charge in [0.25, 0.3) is 5.91 Å². The highest BCUT2D eigenvalue weighted by Gasteiger charge is 2.55. The summed E-state index contributed by atoms with van der Waals surface area (Å²) in [6.07, 6.45) is 8.74. The molecule has 0 unspecified atom stereocenters. The van der Waals surface area contributed by atoms with E-state index in [2.05, 4.69) is 46.4 Å². The summed E-state index contributed by atoms with van der Waals surface area (Å²) in [6, 6.07) is 8.55. The first-order valence-electron chi connectivity index (χ1n) is 14.9. The van der Waals surface area contributed by atoms with Gasteiger partial charge >= 0.3 is 6.09 Å². The zero-order valence-corrected chi connectivity index (χ0v) is 25.4. The Morgan fingerprint density at radius 1 is 1.20 bits per heavy atom. The molecule has 220 valence electrons. The monoisotopic (exact) mass is 560 g/mol. The minimum absolute atomic E-state index is 0.0856. The van der Waals surface area contributed by atoms with Gasteiger partial charge in [0.2, 0.25) is 5.88 Å². The number of carbonyl (C=O) groups is 2. The lowest BCUT2D eigenvalue weighted by Crippen LogP contribution is -2.68. The van der Waals surface area contributed by atoms with E-state index in [0.29, 0.717) is 30.5 Å². The quantitative estimate of drug-likeness (QED) is 0.490. The van der Waals surface area contributed by atoms with Crippen molar-refractivity contribution in [2.24, 2.45) is 5.41 Å². The molecule has 0 atom stereocenters. The van der Waals surface area contributed by atoms with Crippen LogP contribution in [-0.2, 0) is 24.1 Å². The highest BCUT2D eigenvalue weighted by atomic mass is 16.6. The number of nitrogens with zero attached hydrogens (tertiary/aromatic N) is 3. The van der Waals surface area contributed by atoms with Gasteiger partial charge in [0.05, 0.1) is 7.11 Å². The molecule has 3 aliphatic rings. The maximum absolute atomic E-state index is 13.6. The Balaban J connectivity index is 1.33. The van der Waals surface area contributed by atoms with E-state index in [1.165, 1.54) is 0 Å². The second kappa shape index (κ2) is 11.4. The lowest BCUT2D eigenvalue weighted by molar-refractivity contribution is -0.0779. The van der Waals surface area contributed by atoms with Gasteiger partial charge in [0.15, 0.2) is 0 Å². The molecule has 1 saturated heterocycles. The minimum Gasteiger partial charge on any atom is -0.481 e. The third-order valence-electron chi connectivity index (χ3n) is 8.52. The second-order valence-electron chi connectivity index (χ2n) is 12.8. The molecule has 2 fully saturated rings. The van der Waals surface area contributed by atoms with Gasteiger partial charge < -0.3 is 24.6 Å². The van der Waals surface area contributed by atoms with Gasteiger partial charge in [-0.3, -0.25) is 4.79 Å². The molecule has 1 aliphatic carbocycles. The smallest absolute Gasteiger partial charge is 0.410 e. The van der Waals surface area contributed by atoms with Crippen molar-refractivity contribution in [1.29, 1.82) is 0 Å². The van der Waals surface area contributed by atoms with Gasteiger partial charge in [-0.15, -0.1) is 0 Å². The fourth-order valence-electron chi connectivity index (χ4n) is 6.67. The summed E-state index contributed by atoms with van der Waals surface area (Å²) in [7, 11) is 1.63. The Kier molecular flexibility index (Phi) is 8.04. The molecule has 0 radical (unpaired) electrons. The molecule has 1 N–H and O–H groups in total. The first-order chi connectivity index (χ1) is 19.5. The fourth-order valence-corrected chi connectivity index (χ4v) is 6.67. The number of amides is 2. The third-order valence-corrected chi connectivity index (χ3v) is 8.52. The van der Waals surface area contributed by atoms with Crippen molar-refractivity contribution in [3.8, 4) is 5.88 Å². The first-order valence-corrected chi connectivity index (χ1v) is 14.9. The van der Waals surface area contributed by atoms with E-state index in [4.69, 9.17) is 9.47 Å². The number of anilines is 1. The Morgan fingerprint density at radius 3 is 2.63 bits per heavy atom. The molecule has 1 aromatic heterocycles. The molecular weight excluding hydrogens is 516 g/mol. The van der Waals surface area contributed by atoms with Crippen molar-refractivity contribution in [1.82, 2.24) is 15.2 Å². The molecule has 1 saturated carbocycles. The molecule has 8 heteroatoms. The van der Waals surface area contributed by atoms with Gasteiger partial charge in [-0.05, 0) is 96.0 Å². The summed E-state index contributed by atoms with van der Waals surface area (Å²) < 4.78 is 11.1. The van der Waals surface area contributed by atoms with Crippen molar-refractivity contribution in [2.75, 3.05) is 31.6 Å². The first kappa shape index (κ1) is 29.0. The molecule has 1 aromatic carbocycles. The topological polar surface area (TPSA) is 84.0 Å². The molecular formula is C33H44N4O4. The molecule has 5 rings (SSSR count). The van der Waals surface area contributed by atoms with Crippen LogP contribution in [0.15, 0.2) is 36.4 Å². The molecule has 0 bridgehead atoms. The van der Waals surface area contributed by atoms with Gasteiger partial charge in [-0.2, -0.15) is 0 Å². The maximum atomic E-state index is 13.6. The number of likely N-dealkylation sites (tertiary alicyclic amines) is 1. The predicted molar refractivity (Wildman–Crippen MR) is 161 cm³/mol. The predicted octanol–water partition coefficient (Wildman–Crippen LogP) is 5.60. The standard InChI is InChI=1S/C33H44N4O4/c1-7-37(24-17-33(18-24)20-36(21-33)31(39)41-32(3,4)5)28-15-11-14-26-25(28)13-10-8-9-12-23-16-22(2)35-30(40-6)27(23)19-34-29(26)38/h8,10-11,14-16,24H,7,9,12-13,17-21H2,1-6H3,(H,34,38). The molecule has 3 heterocycles. The van der Waals surface area contributed by atoms with E-state index in [-0.39, 0.29) is 17.4 Å². The fraction of sp³-hybridized carbons (Fsp3) is 0.545. The number of hydrogen-bond donors (Lipinski definition) is 1. The maximum Gasteiger partial charge on any atom is 0.410 e. The van der Waals surface area contributed by atoms with E-state index >= 15 is 0 Å². The van der Waals surface area contributed by atoms with Crippen molar-refractivity contribution in [2.45, 2.75) is 84.9 Å². The van der Waals surface area contributed by atoms with Crippen molar-refractivity contribution in [3.63, 3.8) is 0 Å². The number of aryl methyl sites for hydroxylation is 2. The second-order valence-corrected chi connectivity index (χ2v) is 12.8. The number of methoxy groups -OCH3 is 1. The van der Waals surface area contributed by atoms with E-state index in [1.807, 2.05) is 44.7 Å². The van der Waals surface area contributed by atoms with Crippen LogP contribution in [0.1, 0.15) is 79.7 Å². The van der Waals surface area contributed by atoms with E-state index in [0.717, 1.165) is 73.4 Å². The van der Waals surface area contributed by atoms with Crippen LogP contribution in [0.4, 0.5) is 10.5 Å². The van der Waals surface area contributed by atoms with Crippen LogP contribution >= 0.6 is 0 Å². The molecule has 41 heavy (non-hydrogen) atoms. The number of carbonyl (C=O) groups excluding carboxylic acids is 2. The van der Waals surface area contributed by atoms with Crippen LogP contribution in [0.25, 0.3) is 0 Å². The van der Waals surface area contributed by atoms with Crippen LogP contribution in [-0.4, -0.2) is 60.3 Å². The summed E-state index contributed by atoms with van der Waals surface area (Å²) in [5.41, 5.74) is 5.60. The molecule has 8 nitrogen and oxygen atoms in total. The highest BCUT2D eigenvalue weighted by molar-refractivity contribution is 5.97. The Hall–Kier alpha value is -3.55. The van der Waals surface area contributed by atoms with Crippen LogP contribution < -0.4 is 15.0 Å². The number of aromatic nitrogens is 1. The van der Waals surface area contributed by atoms with Gasteiger partial charge in [0.1, 0.15) is 5.60 Å². The Bertz CT molecular complexity index is 1330. The normalized spacial score (nSPS) is 18.6. The number of pyridine rings is 1. The number of rotatable bonds is 4. The van der Waals surface area contributed by atoms with Crippen LogP contribution in [0, 0.1) is 12.3 Å². The number of ether oxygens (including phenoxy) is 2. The van der Waals surface area contributed by atoms with E-state index in [9.17, 15) is 9.59 Å². The third kappa shape index (κ3) is 6.07. The number of benzene rings is 1. The van der Waals surface area contributed by atoms with Crippen LogP contribution in [0.2, 0.25) is 0 Å². The molecule has 1 spiro atoms. The number of hydrogen-bond acceptors (Lipinski definition) is 6. The van der Waals surface area contributed by atoms with E-state index in [1.54, 1.807) is 7.11 Å². The zero-order chi connectivity index (χ0) is 29.4. The zero-order valence-electron chi connectivity index (χ0n) is 25.4. The van der Waals surface area contributed by atoms with Crippen molar-refractivity contribution >= 4 is 17.7 Å². The minimum atomic E-state index is -0.479. The summed E-state index contributed by atoms with van der Waals surface area (Å²) in [4.78, 5) is 34.9. The highest BCUT2D eigenvalue weighted by Crippen LogP contribution is 2.51. The summed E-state index contributed by atoms with van der Waals surface area (Å²) in [6.45, 7) is 12.6. The average molecular weight is 561 g/mol. The Morgan fingerprint density at radius 2 is 1.95 bits per heavy atom. The van der Waals surface area contributed by atoms with E-state index < -0.39 is 5.60 Å². The molecule has 2 amide bonds. The van der Waals surface area contributed by atoms with Crippen LogP contribution in [0.5, 0.6) is 5.88 Å². The number of allylic oxidation sites excluding steroid dienone is 2. The number of fused-ring (bicyclic) bond motifs is 2. The van der Waals surface area contributed by atoms with Crippen molar-refractivity contribution < 1.29 is 19.1 Å². The lowest BCUT2D eigenvalue weighted by Gasteiger charge is -2.61. The SMILES string of the molecule is CCN(c1cccc2c1CC=CCCc1cc(C)nc(OC)c1CNC2=O)C1CC2(C1)CN(C(=O)OC(C)(C)C)C2. The van der Waals surface area contributed by atoms with Crippen molar-refractivity contribution in [3.05, 3.63) is 64.4 Å². The van der Waals surface area contributed by atoms with Gasteiger partial charge in [0, 0.05) is 60.1 Å². The summed E-state index contributed by atoms with van der Waals surface area (Å²) >= 11 is 0. The number of nitrogens with one attached hydrogen (secondary N) is 1. The molecule has 2 aliphatic heterocycles. The van der Waals surface area contributed by atoms with Gasteiger partial charge in [-0.25, -0.2) is 9.78 Å². The van der Waals surface area contributed by atoms with Gasteiger partial charge in [-0.1, -0.05) is 18.2 Å².